The van der Waals surface area contributed by atoms with Gasteiger partial charge in [-0.1, -0.05) is 15.9 Å². The van der Waals surface area contributed by atoms with Crippen LogP contribution in [0.15, 0.2) is 34.8 Å². The smallest absolute Gasteiger partial charge is 0.167 e. The van der Waals surface area contributed by atoms with Gasteiger partial charge in [-0.15, -0.1) is 0 Å². The van der Waals surface area contributed by atoms with Gasteiger partial charge in [0.1, 0.15) is 11.6 Å². The van der Waals surface area contributed by atoms with Crippen molar-refractivity contribution in [3.05, 3.63) is 62.9 Å². The molecule has 2 aromatic rings. The first-order valence-electron chi connectivity index (χ1n) is 6.78. The fraction of sp³-hybridized carbons (Fsp3) is 0.235. The average Bonchev–Trinajstić information content (AvgIpc) is 2.90. The van der Waals surface area contributed by atoms with Crippen LogP contribution in [0.2, 0.25) is 0 Å². The molecular weight excluding hydrogens is 335 g/mol. The van der Waals surface area contributed by atoms with Crippen LogP contribution >= 0.6 is 15.9 Å². The van der Waals surface area contributed by atoms with Crippen LogP contribution in [0.4, 0.5) is 4.39 Å². The third-order valence-electron chi connectivity index (χ3n) is 3.66. The van der Waals surface area contributed by atoms with Crippen molar-refractivity contribution in [2.75, 3.05) is 6.61 Å². The van der Waals surface area contributed by atoms with Crippen LogP contribution in [0.5, 0.6) is 5.75 Å². The molecule has 0 aromatic heterocycles. The minimum absolute atomic E-state index is 0.0334. The fourth-order valence-corrected chi connectivity index (χ4v) is 3.12. The summed E-state index contributed by atoms with van der Waals surface area (Å²) in [6, 6.07) is 8.40. The van der Waals surface area contributed by atoms with E-state index in [1.807, 2.05) is 12.1 Å². The van der Waals surface area contributed by atoms with Gasteiger partial charge in [-0.2, -0.15) is 0 Å². The zero-order valence-electron chi connectivity index (χ0n) is 11.6. The number of hydrogen-bond donors (Lipinski definition) is 0. The van der Waals surface area contributed by atoms with E-state index in [1.165, 1.54) is 12.1 Å². The SMILES string of the molecule is Cc1cc(C(=O)Cc2cc(Br)cc3c2OCC3)ccc1F. The Morgan fingerprint density at radius 3 is 2.90 bits per heavy atom. The molecule has 0 saturated carbocycles. The number of fused-ring (bicyclic) bond motifs is 1. The van der Waals surface area contributed by atoms with E-state index >= 15 is 0 Å². The van der Waals surface area contributed by atoms with Gasteiger partial charge >= 0.3 is 0 Å². The minimum atomic E-state index is -0.293. The summed E-state index contributed by atoms with van der Waals surface area (Å²) in [5, 5.41) is 0. The third-order valence-corrected chi connectivity index (χ3v) is 4.11. The Morgan fingerprint density at radius 2 is 2.14 bits per heavy atom. The summed E-state index contributed by atoms with van der Waals surface area (Å²) < 4.78 is 19.9. The number of hydrogen-bond acceptors (Lipinski definition) is 2. The highest BCUT2D eigenvalue weighted by atomic mass is 79.9. The molecule has 0 aliphatic carbocycles. The van der Waals surface area contributed by atoms with E-state index in [0.717, 1.165) is 27.8 Å². The van der Waals surface area contributed by atoms with Gasteiger partial charge in [-0.25, -0.2) is 4.39 Å². The summed E-state index contributed by atoms with van der Waals surface area (Å²) in [7, 11) is 0. The van der Waals surface area contributed by atoms with Crippen molar-refractivity contribution in [1.29, 1.82) is 0 Å². The van der Waals surface area contributed by atoms with Gasteiger partial charge in [-0.05, 0) is 48.4 Å². The summed E-state index contributed by atoms with van der Waals surface area (Å²) >= 11 is 3.47. The van der Waals surface area contributed by atoms with Gasteiger partial charge in [0.25, 0.3) is 0 Å². The molecular formula is C17H14BrFO2. The number of ketones is 1. The summed E-state index contributed by atoms with van der Waals surface area (Å²) in [6.07, 6.45) is 1.12. The molecule has 0 bridgehead atoms. The second-order valence-corrected chi connectivity index (χ2v) is 6.13. The van der Waals surface area contributed by atoms with E-state index in [9.17, 15) is 9.18 Å². The molecule has 2 nitrogen and oxygen atoms in total. The van der Waals surface area contributed by atoms with Gasteiger partial charge in [0.2, 0.25) is 0 Å². The number of rotatable bonds is 3. The van der Waals surface area contributed by atoms with Crippen LogP contribution in [0.3, 0.4) is 0 Å². The number of Topliss-reactive ketones (excluding diaryl/α,β-unsaturated/α-hetero) is 1. The highest BCUT2D eigenvalue weighted by Crippen LogP contribution is 2.33. The predicted molar refractivity (Wildman–Crippen MR) is 82.5 cm³/mol. The largest absolute Gasteiger partial charge is 0.493 e. The highest BCUT2D eigenvalue weighted by Gasteiger charge is 2.20. The third kappa shape index (κ3) is 2.86. The van der Waals surface area contributed by atoms with Gasteiger partial charge in [0.05, 0.1) is 6.61 Å². The Labute approximate surface area is 131 Å². The first kappa shape index (κ1) is 14.3. The number of aryl methyl sites for hydroxylation is 1. The lowest BCUT2D eigenvalue weighted by atomic mass is 9.99. The molecule has 0 fully saturated rings. The van der Waals surface area contributed by atoms with E-state index in [0.29, 0.717) is 17.7 Å². The lowest BCUT2D eigenvalue weighted by Crippen LogP contribution is -2.06. The van der Waals surface area contributed by atoms with E-state index in [1.54, 1.807) is 13.0 Å². The van der Waals surface area contributed by atoms with Crippen LogP contribution in [0.1, 0.15) is 27.0 Å². The van der Waals surface area contributed by atoms with Crippen molar-refractivity contribution in [2.45, 2.75) is 19.8 Å². The number of benzene rings is 2. The Bertz CT molecular complexity index is 725. The maximum absolute atomic E-state index is 13.3. The fourth-order valence-electron chi connectivity index (χ4n) is 2.57. The molecule has 4 heteroatoms. The summed E-state index contributed by atoms with van der Waals surface area (Å²) in [4.78, 5) is 12.4. The van der Waals surface area contributed by atoms with Gasteiger partial charge in [0.15, 0.2) is 5.78 Å². The quantitative estimate of drug-likeness (QED) is 0.774. The van der Waals surface area contributed by atoms with Crippen LogP contribution in [-0.4, -0.2) is 12.4 Å². The molecule has 0 radical (unpaired) electrons. The number of halogens is 2. The van der Waals surface area contributed by atoms with E-state index in [4.69, 9.17) is 4.74 Å². The molecule has 0 unspecified atom stereocenters. The molecule has 0 saturated heterocycles. The van der Waals surface area contributed by atoms with Gasteiger partial charge < -0.3 is 4.74 Å². The molecule has 0 atom stereocenters. The molecule has 2 aromatic carbocycles. The number of ether oxygens (including phenoxy) is 1. The van der Waals surface area contributed by atoms with Crippen molar-refractivity contribution in [3.8, 4) is 5.75 Å². The first-order valence-corrected chi connectivity index (χ1v) is 7.57. The van der Waals surface area contributed by atoms with E-state index < -0.39 is 0 Å². The second-order valence-electron chi connectivity index (χ2n) is 5.22. The normalized spacial score (nSPS) is 12.9. The van der Waals surface area contributed by atoms with E-state index in [-0.39, 0.29) is 18.0 Å². The maximum atomic E-state index is 13.3. The van der Waals surface area contributed by atoms with Crippen molar-refractivity contribution >= 4 is 21.7 Å². The second kappa shape index (κ2) is 5.60. The standard InChI is InChI=1S/C17H14BrFO2/c1-10-6-11(2-3-15(10)19)16(20)9-13-8-14(18)7-12-4-5-21-17(12)13/h2-3,6-8H,4-5,9H2,1H3. The van der Waals surface area contributed by atoms with Crippen molar-refractivity contribution in [2.24, 2.45) is 0 Å². The molecule has 0 amide bonds. The van der Waals surface area contributed by atoms with Crippen LogP contribution < -0.4 is 4.74 Å². The monoisotopic (exact) mass is 348 g/mol. The Hall–Kier alpha value is -1.68. The molecule has 0 spiro atoms. The minimum Gasteiger partial charge on any atom is -0.493 e. The van der Waals surface area contributed by atoms with Crippen LogP contribution in [-0.2, 0) is 12.8 Å². The zero-order chi connectivity index (χ0) is 15.0. The maximum Gasteiger partial charge on any atom is 0.167 e. The average molecular weight is 349 g/mol. The topological polar surface area (TPSA) is 26.3 Å². The Kier molecular flexibility index (Phi) is 3.81. The molecule has 0 N–H and O–H groups in total. The zero-order valence-corrected chi connectivity index (χ0v) is 13.2. The Morgan fingerprint density at radius 1 is 1.33 bits per heavy atom. The Balaban J connectivity index is 1.90. The summed E-state index contributed by atoms with van der Waals surface area (Å²) in [5.41, 5.74) is 3.02. The predicted octanol–water partition coefficient (Wildman–Crippen LogP) is 4.26. The van der Waals surface area contributed by atoms with Crippen molar-refractivity contribution < 1.29 is 13.9 Å². The van der Waals surface area contributed by atoms with E-state index in [2.05, 4.69) is 15.9 Å². The van der Waals surface area contributed by atoms with Crippen LogP contribution in [0.25, 0.3) is 0 Å². The molecule has 3 rings (SSSR count). The van der Waals surface area contributed by atoms with Crippen molar-refractivity contribution in [1.82, 2.24) is 0 Å². The molecule has 1 aliphatic rings. The first-order chi connectivity index (χ1) is 10.0. The van der Waals surface area contributed by atoms with Gasteiger partial charge in [-0.3, -0.25) is 4.79 Å². The highest BCUT2D eigenvalue weighted by molar-refractivity contribution is 9.10. The lowest BCUT2D eigenvalue weighted by Gasteiger charge is -2.09. The number of carbonyl (C=O) groups is 1. The molecule has 1 heterocycles. The lowest BCUT2D eigenvalue weighted by molar-refractivity contribution is 0.0992. The molecule has 108 valence electrons. The summed E-state index contributed by atoms with van der Waals surface area (Å²) in [5.74, 6) is 0.498. The molecule has 21 heavy (non-hydrogen) atoms. The van der Waals surface area contributed by atoms with Crippen molar-refractivity contribution in [3.63, 3.8) is 0 Å². The molecule has 1 aliphatic heterocycles. The summed E-state index contributed by atoms with van der Waals surface area (Å²) in [6.45, 7) is 2.31. The number of carbonyl (C=O) groups excluding carboxylic acids is 1. The van der Waals surface area contributed by atoms with Crippen LogP contribution in [0, 0.1) is 12.7 Å². The van der Waals surface area contributed by atoms with Gasteiger partial charge in [0, 0.05) is 28.4 Å².